The Morgan fingerprint density at radius 3 is 2.43 bits per heavy atom. The van der Waals surface area contributed by atoms with Gasteiger partial charge in [-0.15, -0.1) is 16.4 Å². The Balaban J connectivity index is 1.85. The summed E-state index contributed by atoms with van der Waals surface area (Å²) >= 11 is 1.60. The minimum absolute atomic E-state index is 0.0478. The van der Waals surface area contributed by atoms with E-state index >= 15 is 0 Å². The molecule has 3 rings (SSSR count). The van der Waals surface area contributed by atoms with Crippen molar-refractivity contribution in [3.8, 4) is 10.6 Å². The summed E-state index contributed by atoms with van der Waals surface area (Å²) in [4.78, 5) is 8.02. The van der Waals surface area contributed by atoms with E-state index in [-0.39, 0.29) is 5.96 Å². The Morgan fingerprint density at radius 1 is 1.17 bits per heavy atom. The fourth-order valence-corrected chi connectivity index (χ4v) is 3.43. The van der Waals surface area contributed by atoms with Crippen LogP contribution in [0.2, 0.25) is 0 Å². The van der Waals surface area contributed by atoms with Crippen molar-refractivity contribution in [1.82, 2.24) is 4.98 Å². The van der Waals surface area contributed by atoms with Crippen LogP contribution in [0, 0.1) is 6.92 Å². The molecule has 0 atom stereocenters. The molecule has 1 aliphatic heterocycles. The van der Waals surface area contributed by atoms with Crippen molar-refractivity contribution in [2.24, 2.45) is 21.7 Å². The largest absolute Gasteiger partial charge is 0.371 e. The predicted octanol–water partition coefficient (Wildman–Crippen LogP) is 2.33. The number of aromatic nitrogens is 1. The van der Waals surface area contributed by atoms with E-state index in [0.29, 0.717) is 0 Å². The lowest BCUT2D eigenvalue weighted by Gasteiger charge is -2.33. The zero-order valence-corrected chi connectivity index (χ0v) is 14.1. The highest BCUT2D eigenvalue weighted by atomic mass is 32.1. The molecule has 120 valence electrons. The second kappa shape index (κ2) is 6.37. The summed E-state index contributed by atoms with van der Waals surface area (Å²) in [7, 11) is 0. The monoisotopic (exact) mass is 328 g/mol. The fraction of sp³-hybridized carbons (Fsp3) is 0.312. The molecule has 4 N–H and O–H groups in total. The number of rotatable bonds is 4. The van der Waals surface area contributed by atoms with Gasteiger partial charge >= 0.3 is 0 Å². The first-order valence-electron chi connectivity index (χ1n) is 7.51. The van der Waals surface area contributed by atoms with Gasteiger partial charge in [0.25, 0.3) is 0 Å². The average molecular weight is 328 g/mol. The van der Waals surface area contributed by atoms with Crippen molar-refractivity contribution in [2.75, 3.05) is 18.0 Å². The maximum Gasteiger partial charge on any atom is 0.211 e. The highest BCUT2D eigenvalue weighted by Crippen LogP contribution is 2.30. The summed E-state index contributed by atoms with van der Waals surface area (Å²) in [5.74, 6) is -0.0478. The Hall–Kier alpha value is -2.41. The van der Waals surface area contributed by atoms with Gasteiger partial charge in [-0.1, -0.05) is 0 Å². The van der Waals surface area contributed by atoms with Gasteiger partial charge in [0, 0.05) is 24.3 Å². The van der Waals surface area contributed by atoms with Crippen molar-refractivity contribution in [2.45, 2.75) is 20.3 Å². The molecule has 1 aromatic carbocycles. The average Bonchev–Trinajstić information content (AvgIpc) is 2.86. The minimum atomic E-state index is -0.0478. The molecule has 2 heterocycles. The second-order valence-corrected chi connectivity index (χ2v) is 6.53. The van der Waals surface area contributed by atoms with Crippen molar-refractivity contribution >= 4 is 28.7 Å². The van der Waals surface area contributed by atoms with Crippen LogP contribution in [0.15, 0.2) is 34.5 Å². The van der Waals surface area contributed by atoms with E-state index in [1.807, 2.05) is 13.8 Å². The third kappa shape index (κ3) is 3.34. The summed E-state index contributed by atoms with van der Waals surface area (Å²) in [6.07, 6.45) is 1.28. The molecule has 1 saturated heterocycles. The van der Waals surface area contributed by atoms with Crippen LogP contribution in [0.5, 0.6) is 0 Å². The zero-order valence-electron chi connectivity index (χ0n) is 13.3. The third-order valence-electron chi connectivity index (χ3n) is 3.78. The maximum atomic E-state index is 5.31. The molecule has 0 radical (unpaired) electrons. The van der Waals surface area contributed by atoms with E-state index in [1.54, 1.807) is 11.3 Å². The molecule has 1 aromatic heterocycles. The summed E-state index contributed by atoms with van der Waals surface area (Å²) in [6, 6.07) is 8.56. The molecule has 2 aromatic rings. The summed E-state index contributed by atoms with van der Waals surface area (Å²) in [5, 5.41) is 8.72. The van der Waals surface area contributed by atoms with Crippen LogP contribution < -0.4 is 16.4 Å². The van der Waals surface area contributed by atoms with E-state index in [1.165, 1.54) is 12.1 Å². The first-order valence-corrected chi connectivity index (χ1v) is 8.32. The molecule has 0 saturated carbocycles. The molecule has 0 unspecified atom stereocenters. The Bertz CT molecular complexity index is 751. The van der Waals surface area contributed by atoms with Gasteiger partial charge in [0.2, 0.25) is 5.96 Å². The van der Waals surface area contributed by atoms with Crippen LogP contribution in [0.3, 0.4) is 0 Å². The van der Waals surface area contributed by atoms with E-state index < -0.39 is 0 Å². The van der Waals surface area contributed by atoms with Crippen molar-refractivity contribution in [3.05, 3.63) is 34.8 Å². The number of nitrogens with zero attached hydrogens (tertiary/aromatic N) is 4. The van der Waals surface area contributed by atoms with Crippen LogP contribution in [-0.4, -0.2) is 29.7 Å². The van der Waals surface area contributed by atoms with Crippen LogP contribution in [-0.2, 0) is 0 Å². The molecule has 0 bridgehead atoms. The van der Waals surface area contributed by atoms with Gasteiger partial charge in [0.15, 0.2) is 0 Å². The fourth-order valence-electron chi connectivity index (χ4n) is 2.42. The molecular formula is C16H20N6S. The Kier molecular flexibility index (Phi) is 4.29. The summed E-state index contributed by atoms with van der Waals surface area (Å²) in [5.41, 5.74) is 14.7. The predicted molar refractivity (Wildman–Crippen MR) is 97.1 cm³/mol. The molecular weight excluding hydrogens is 308 g/mol. The molecule has 23 heavy (non-hydrogen) atoms. The SMILES string of the molecule is C/C(=N\N=C(N)N)c1sc(-c2ccc(N3CCC3)cc2)nc1C. The molecule has 7 heteroatoms. The normalized spacial score (nSPS) is 14.5. The maximum absolute atomic E-state index is 5.31. The Morgan fingerprint density at radius 2 is 1.87 bits per heavy atom. The lowest BCUT2D eigenvalue weighted by atomic mass is 10.1. The minimum Gasteiger partial charge on any atom is -0.371 e. The van der Waals surface area contributed by atoms with Gasteiger partial charge in [0.1, 0.15) is 5.01 Å². The smallest absolute Gasteiger partial charge is 0.211 e. The van der Waals surface area contributed by atoms with Crippen LogP contribution in [0.4, 0.5) is 5.69 Å². The van der Waals surface area contributed by atoms with E-state index in [0.717, 1.165) is 39.9 Å². The molecule has 0 amide bonds. The van der Waals surface area contributed by atoms with Crippen LogP contribution >= 0.6 is 11.3 Å². The topological polar surface area (TPSA) is 92.9 Å². The van der Waals surface area contributed by atoms with Crippen LogP contribution in [0.1, 0.15) is 23.9 Å². The Labute approximate surface area is 139 Å². The van der Waals surface area contributed by atoms with E-state index in [2.05, 4.69) is 44.4 Å². The van der Waals surface area contributed by atoms with Gasteiger partial charge in [-0.05, 0) is 44.5 Å². The highest BCUT2D eigenvalue weighted by Gasteiger charge is 2.15. The molecule has 1 aliphatic rings. The summed E-state index contributed by atoms with van der Waals surface area (Å²) in [6.45, 7) is 6.16. The second-order valence-electron chi connectivity index (χ2n) is 5.53. The number of nitrogens with two attached hydrogens (primary N) is 2. The third-order valence-corrected chi connectivity index (χ3v) is 5.09. The van der Waals surface area contributed by atoms with Gasteiger partial charge in [-0.2, -0.15) is 5.10 Å². The number of aryl methyl sites for hydroxylation is 1. The lowest BCUT2D eigenvalue weighted by molar-refractivity contribution is 0.618. The zero-order chi connectivity index (χ0) is 16.4. The van der Waals surface area contributed by atoms with Crippen molar-refractivity contribution in [3.63, 3.8) is 0 Å². The van der Waals surface area contributed by atoms with Gasteiger partial charge in [-0.3, -0.25) is 0 Å². The molecule has 1 fully saturated rings. The molecule has 6 nitrogen and oxygen atoms in total. The highest BCUT2D eigenvalue weighted by molar-refractivity contribution is 7.17. The number of anilines is 1. The first-order chi connectivity index (χ1) is 11.0. The van der Waals surface area contributed by atoms with Crippen LogP contribution in [0.25, 0.3) is 10.6 Å². The first kappa shape index (κ1) is 15.5. The lowest BCUT2D eigenvalue weighted by Crippen LogP contribution is -2.36. The van der Waals surface area contributed by atoms with E-state index in [9.17, 15) is 0 Å². The van der Waals surface area contributed by atoms with Crippen molar-refractivity contribution < 1.29 is 0 Å². The summed E-state index contributed by atoms with van der Waals surface area (Å²) < 4.78 is 0. The number of hydrogen-bond acceptors (Lipinski definition) is 5. The number of benzene rings is 1. The number of guanidine groups is 1. The van der Waals surface area contributed by atoms with Gasteiger partial charge in [0.05, 0.1) is 16.3 Å². The molecule has 0 spiro atoms. The van der Waals surface area contributed by atoms with Gasteiger partial charge in [-0.25, -0.2) is 4.98 Å². The van der Waals surface area contributed by atoms with Gasteiger partial charge < -0.3 is 16.4 Å². The number of hydrogen-bond donors (Lipinski definition) is 2. The van der Waals surface area contributed by atoms with E-state index in [4.69, 9.17) is 11.5 Å². The van der Waals surface area contributed by atoms with Crippen molar-refractivity contribution in [1.29, 1.82) is 0 Å². The number of thiazole rings is 1. The molecule has 0 aliphatic carbocycles. The standard InChI is InChI=1S/C16H20N6S/c1-10-14(11(2)20-21-16(17)18)23-15(19-10)12-4-6-13(7-5-12)22-8-3-9-22/h4-7H,3,8-9H2,1-2H3,(H4,17,18,21)/b20-11+. The quantitative estimate of drug-likeness (QED) is 0.512.